The Balaban J connectivity index is 1.82. The predicted molar refractivity (Wildman–Crippen MR) is 90.8 cm³/mol. The van der Waals surface area contributed by atoms with Crippen molar-refractivity contribution in [3.05, 3.63) is 59.7 Å². The number of ether oxygens (including phenoxy) is 2. The molecule has 1 amide bonds. The van der Waals surface area contributed by atoms with Gasteiger partial charge in [-0.3, -0.25) is 4.79 Å². The quantitative estimate of drug-likeness (QED) is 0.849. The Morgan fingerprint density at radius 2 is 1.57 bits per heavy atom. The molecule has 0 aliphatic heterocycles. The van der Waals surface area contributed by atoms with Gasteiger partial charge >= 0.3 is 0 Å². The van der Waals surface area contributed by atoms with Gasteiger partial charge in [-0.15, -0.1) is 0 Å². The van der Waals surface area contributed by atoms with Crippen molar-refractivity contribution in [2.45, 2.75) is 26.8 Å². The maximum Gasteiger partial charge on any atom is 0.258 e. The summed E-state index contributed by atoms with van der Waals surface area (Å²) in [5, 5.41) is 2.92. The van der Waals surface area contributed by atoms with E-state index in [1.165, 1.54) is 0 Å². The molecule has 1 N–H and O–H groups in total. The maximum atomic E-state index is 12.0. The Hall–Kier alpha value is -2.49. The summed E-state index contributed by atoms with van der Waals surface area (Å²) >= 11 is 0. The number of carbonyl (C=O) groups is 1. The van der Waals surface area contributed by atoms with Crippen LogP contribution in [0, 0.1) is 6.92 Å². The molecule has 0 radical (unpaired) electrons. The monoisotopic (exact) mass is 313 g/mol. The topological polar surface area (TPSA) is 47.6 Å². The van der Waals surface area contributed by atoms with Crippen LogP contribution in [0.1, 0.15) is 31.0 Å². The number of hydrogen-bond donors (Lipinski definition) is 1. The van der Waals surface area contributed by atoms with Gasteiger partial charge in [-0.2, -0.15) is 0 Å². The molecule has 0 saturated carbocycles. The van der Waals surface area contributed by atoms with E-state index in [1.54, 1.807) is 0 Å². The van der Waals surface area contributed by atoms with Gasteiger partial charge in [0.1, 0.15) is 11.5 Å². The third-order valence-electron chi connectivity index (χ3n) is 3.46. The van der Waals surface area contributed by atoms with Crippen molar-refractivity contribution < 1.29 is 14.3 Å². The van der Waals surface area contributed by atoms with Gasteiger partial charge < -0.3 is 14.8 Å². The smallest absolute Gasteiger partial charge is 0.258 e. The van der Waals surface area contributed by atoms with Crippen LogP contribution in [0.15, 0.2) is 48.5 Å². The molecule has 122 valence electrons. The zero-order valence-electron chi connectivity index (χ0n) is 13.8. The number of benzene rings is 2. The second-order valence-electron chi connectivity index (χ2n) is 5.39. The van der Waals surface area contributed by atoms with Gasteiger partial charge in [0.05, 0.1) is 12.6 Å². The van der Waals surface area contributed by atoms with Crippen LogP contribution in [-0.4, -0.2) is 19.1 Å². The molecule has 2 rings (SSSR count). The van der Waals surface area contributed by atoms with Crippen LogP contribution in [0.3, 0.4) is 0 Å². The number of nitrogens with one attached hydrogen (secondary N) is 1. The summed E-state index contributed by atoms with van der Waals surface area (Å²) < 4.78 is 10.9. The van der Waals surface area contributed by atoms with Crippen LogP contribution in [-0.2, 0) is 4.79 Å². The lowest BCUT2D eigenvalue weighted by Gasteiger charge is -2.15. The molecule has 0 fully saturated rings. The van der Waals surface area contributed by atoms with E-state index in [1.807, 2.05) is 69.3 Å². The lowest BCUT2D eigenvalue weighted by atomic mass is 10.1. The second-order valence-corrected chi connectivity index (χ2v) is 5.39. The van der Waals surface area contributed by atoms with Crippen molar-refractivity contribution in [2.75, 3.05) is 13.2 Å². The molecule has 4 heteroatoms. The van der Waals surface area contributed by atoms with Gasteiger partial charge in [0.2, 0.25) is 0 Å². The Kier molecular flexibility index (Phi) is 6.03. The van der Waals surface area contributed by atoms with E-state index in [9.17, 15) is 4.79 Å². The fourth-order valence-corrected chi connectivity index (χ4v) is 2.17. The highest BCUT2D eigenvalue weighted by atomic mass is 16.5. The molecule has 0 heterocycles. The Bertz CT molecular complexity index is 620. The highest BCUT2D eigenvalue weighted by Crippen LogP contribution is 2.17. The summed E-state index contributed by atoms with van der Waals surface area (Å²) in [4.78, 5) is 12.0. The van der Waals surface area contributed by atoms with E-state index in [0.29, 0.717) is 12.4 Å². The number of amides is 1. The number of rotatable bonds is 7. The van der Waals surface area contributed by atoms with Crippen LogP contribution in [0.5, 0.6) is 11.5 Å². The first-order chi connectivity index (χ1) is 11.1. The highest BCUT2D eigenvalue weighted by Gasteiger charge is 2.10. The largest absolute Gasteiger partial charge is 0.494 e. The van der Waals surface area contributed by atoms with Crippen LogP contribution in [0.2, 0.25) is 0 Å². The molecule has 0 saturated heterocycles. The Morgan fingerprint density at radius 1 is 1.00 bits per heavy atom. The van der Waals surface area contributed by atoms with E-state index in [0.717, 1.165) is 16.9 Å². The van der Waals surface area contributed by atoms with E-state index in [4.69, 9.17) is 9.47 Å². The maximum absolute atomic E-state index is 12.0. The van der Waals surface area contributed by atoms with Crippen LogP contribution >= 0.6 is 0 Å². The Labute approximate surface area is 137 Å². The standard InChI is InChI=1S/C19H23NO3/c1-4-22-17-11-7-16(8-12-17)15(3)20-19(21)13-23-18-9-5-14(2)6-10-18/h5-12,15H,4,13H2,1-3H3,(H,20,21). The minimum atomic E-state index is -0.146. The molecular formula is C19H23NO3. The predicted octanol–water partition coefficient (Wildman–Crippen LogP) is 3.65. The van der Waals surface area contributed by atoms with Crippen LogP contribution in [0.25, 0.3) is 0 Å². The summed E-state index contributed by atoms with van der Waals surface area (Å²) in [5.74, 6) is 1.38. The van der Waals surface area contributed by atoms with Gasteiger partial charge in [0.15, 0.2) is 6.61 Å². The third kappa shape index (κ3) is 5.33. The zero-order chi connectivity index (χ0) is 16.7. The van der Waals surface area contributed by atoms with E-state index in [2.05, 4.69) is 5.32 Å². The molecule has 0 spiro atoms. The minimum Gasteiger partial charge on any atom is -0.494 e. The summed E-state index contributed by atoms with van der Waals surface area (Å²) in [6.07, 6.45) is 0. The van der Waals surface area contributed by atoms with Crippen molar-refractivity contribution in [1.82, 2.24) is 5.32 Å². The van der Waals surface area contributed by atoms with E-state index < -0.39 is 0 Å². The normalized spacial score (nSPS) is 11.6. The summed E-state index contributed by atoms with van der Waals surface area (Å²) in [6, 6.07) is 15.3. The molecule has 2 aromatic rings. The molecule has 1 unspecified atom stereocenters. The average Bonchev–Trinajstić information content (AvgIpc) is 2.55. The van der Waals surface area contributed by atoms with Gasteiger partial charge in [0.25, 0.3) is 5.91 Å². The van der Waals surface area contributed by atoms with Crippen molar-refractivity contribution >= 4 is 5.91 Å². The SMILES string of the molecule is CCOc1ccc(C(C)NC(=O)COc2ccc(C)cc2)cc1. The first-order valence-electron chi connectivity index (χ1n) is 7.80. The Morgan fingerprint density at radius 3 is 2.17 bits per heavy atom. The number of hydrogen-bond acceptors (Lipinski definition) is 3. The summed E-state index contributed by atoms with van der Waals surface area (Å²) in [6.45, 7) is 6.55. The average molecular weight is 313 g/mol. The number of carbonyl (C=O) groups excluding carboxylic acids is 1. The van der Waals surface area contributed by atoms with Gasteiger partial charge in [-0.05, 0) is 50.6 Å². The van der Waals surface area contributed by atoms with Crippen LogP contribution in [0.4, 0.5) is 0 Å². The van der Waals surface area contributed by atoms with Crippen molar-refractivity contribution in [3.8, 4) is 11.5 Å². The molecule has 0 bridgehead atoms. The highest BCUT2D eigenvalue weighted by molar-refractivity contribution is 5.78. The van der Waals surface area contributed by atoms with Gasteiger partial charge in [0, 0.05) is 0 Å². The molecule has 0 aromatic heterocycles. The van der Waals surface area contributed by atoms with Crippen LogP contribution < -0.4 is 14.8 Å². The molecule has 4 nitrogen and oxygen atoms in total. The lowest BCUT2D eigenvalue weighted by molar-refractivity contribution is -0.123. The van der Waals surface area contributed by atoms with Crippen molar-refractivity contribution in [2.24, 2.45) is 0 Å². The second kappa shape index (κ2) is 8.22. The molecule has 0 aliphatic carbocycles. The van der Waals surface area contributed by atoms with Crippen molar-refractivity contribution in [1.29, 1.82) is 0 Å². The van der Waals surface area contributed by atoms with Gasteiger partial charge in [-0.1, -0.05) is 29.8 Å². The van der Waals surface area contributed by atoms with E-state index >= 15 is 0 Å². The molecule has 1 atom stereocenters. The fraction of sp³-hybridized carbons (Fsp3) is 0.316. The first kappa shape index (κ1) is 16.9. The minimum absolute atomic E-state index is 0.00440. The molecule has 2 aromatic carbocycles. The third-order valence-corrected chi connectivity index (χ3v) is 3.46. The zero-order valence-corrected chi connectivity index (χ0v) is 13.8. The summed E-state index contributed by atoms with van der Waals surface area (Å²) in [5.41, 5.74) is 2.18. The summed E-state index contributed by atoms with van der Waals surface area (Å²) in [7, 11) is 0. The number of aryl methyl sites for hydroxylation is 1. The van der Waals surface area contributed by atoms with Gasteiger partial charge in [-0.25, -0.2) is 0 Å². The first-order valence-corrected chi connectivity index (χ1v) is 7.80. The molecule has 0 aliphatic rings. The fourth-order valence-electron chi connectivity index (χ4n) is 2.17. The van der Waals surface area contributed by atoms with E-state index in [-0.39, 0.29) is 18.6 Å². The molecule has 23 heavy (non-hydrogen) atoms. The lowest BCUT2D eigenvalue weighted by Crippen LogP contribution is -2.31. The molecular weight excluding hydrogens is 290 g/mol. The van der Waals surface area contributed by atoms with Crippen molar-refractivity contribution in [3.63, 3.8) is 0 Å².